The molecule has 7 rings (SSSR count). The first kappa shape index (κ1) is 28.5. The minimum Gasteiger partial charge on any atom is -0.354 e. The molecule has 5 aromatic rings. The topological polar surface area (TPSA) is 74.4 Å². The van der Waals surface area contributed by atoms with Crippen molar-refractivity contribution in [2.45, 2.75) is 11.3 Å². The highest BCUT2D eigenvalue weighted by Gasteiger charge is 2.58. The molecule has 0 radical (unpaired) electrons. The quantitative estimate of drug-likeness (QED) is 0.114. The zero-order valence-corrected chi connectivity index (χ0v) is 23.9. The standard InChI is InChI=1S/C35H21ClF4N4O/c36-35(39,40)34(37,38)33-29-17-15-27(43-29)31(20-7-3-1-4-8-20)25-13-11-23(41-25)22(19-45)24-12-14-26(42-24)32(21-9-5-2-6-10-21)28-16-18-30(33)44-28/h1-19,41-42H. The summed E-state index contributed by atoms with van der Waals surface area (Å²) in [7, 11) is 0. The maximum absolute atomic E-state index is 15.7. The van der Waals surface area contributed by atoms with Gasteiger partial charge in [-0.25, -0.2) is 9.97 Å². The zero-order chi connectivity index (χ0) is 31.3. The number of aromatic nitrogens is 4. The Bertz CT molecular complexity index is 2060. The van der Waals surface area contributed by atoms with E-state index in [-0.39, 0.29) is 11.4 Å². The van der Waals surface area contributed by atoms with Gasteiger partial charge < -0.3 is 9.97 Å². The van der Waals surface area contributed by atoms with E-state index in [0.717, 1.165) is 6.29 Å². The van der Waals surface area contributed by atoms with E-state index in [1.54, 1.807) is 48.5 Å². The highest BCUT2D eigenvalue weighted by atomic mass is 35.5. The van der Waals surface area contributed by atoms with E-state index in [2.05, 4.69) is 19.9 Å². The number of halogens is 5. The number of nitrogens with zero attached hydrogens (tertiary/aromatic N) is 2. The Morgan fingerprint density at radius 2 is 0.978 bits per heavy atom. The van der Waals surface area contributed by atoms with Crippen molar-refractivity contribution in [3.63, 3.8) is 0 Å². The third-order valence-electron chi connectivity index (χ3n) is 7.71. The van der Waals surface area contributed by atoms with Crippen molar-refractivity contribution in [3.8, 4) is 22.3 Å². The molecule has 0 saturated heterocycles. The predicted octanol–water partition coefficient (Wildman–Crippen LogP) is 9.73. The number of aldehydes is 1. The molecule has 0 spiro atoms. The fourth-order valence-electron chi connectivity index (χ4n) is 5.64. The summed E-state index contributed by atoms with van der Waals surface area (Å²) >= 11 is 5.05. The first-order valence-corrected chi connectivity index (χ1v) is 14.2. The number of fused-ring (bicyclic) bond motifs is 8. The summed E-state index contributed by atoms with van der Waals surface area (Å²) in [6.07, 6.45) is 6.20. The summed E-state index contributed by atoms with van der Waals surface area (Å²) in [6, 6.07) is 25.0. The number of alkyl halides is 5. The van der Waals surface area contributed by atoms with Gasteiger partial charge in [-0.1, -0.05) is 60.7 Å². The summed E-state index contributed by atoms with van der Waals surface area (Å²) in [5.41, 5.74) is 3.33. The van der Waals surface area contributed by atoms with Gasteiger partial charge in [-0.2, -0.15) is 17.6 Å². The van der Waals surface area contributed by atoms with Gasteiger partial charge in [0.05, 0.1) is 44.9 Å². The summed E-state index contributed by atoms with van der Waals surface area (Å²) in [4.78, 5) is 27.9. The van der Waals surface area contributed by atoms with Crippen LogP contribution in [-0.4, -0.2) is 31.6 Å². The number of nitrogens with one attached hydrogen (secondary N) is 2. The molecule has 0 fully saturated rings. The molecule has 10 heteroatoms. The van der Waals surface area contributed by atoms with Gasteiger partial charge in [-0.05, 0) is 71.3 Å². The van der Waals surface area contributed by atoms with Crippen LogP contribution in [0.15, 0.2) is 84.9 Å². The molecule has 222 valence electrons. The lowest BCUT2D eigenvalue weighted by Gasteiger charge is -2.22. The Labute approximate surface area is 258 Å². The number of H-pyrrole nitrogens is 2. The molecular weight excluding hydrogens is 604 g/mol. The second-order valence-electron chi connectivity index (χ2n) is 10.5. The van der Waals surface area contributed by atoms with Crippen LogP contribution in [0.4, 0.5) is 17.6 Å². The smallest absolute Gasteiger partial charge is 0.354 e. The van der Waals surface area contributed by atoms with Crippen molar-refractivity contribution in [1.29, 1.82) is 0 Å². The SMILES string of the molecule is O=Cc1c2ccc([nH]2)c(-c2ccccc2)c2nc(c(C(F)(F)C(F)(F)Cl)c3nc(c(-c4ccccc4)c4ccc1[nH]4)C=C3)C=C2. The van der Waals surface area contributed by atoms with Crippen LogP contribution < -0.4 is 0 Å². The Morgan fingerprint density at radius 3 is 1.38 bits per heavy atom. The lowest BCUT2D eigenvalue weighted by molar-refractivity contribution is -0.164. The van der Waals surface area contributed by atoms with E-state index in [0.29, 0.717) is 49.9 Å². The van der Waals surface area contributed by atoms with Gasteiger partial charge in [0.25, 0.3) is 0 Å². The van der Waals surface area contributed by atoms with E-state index < -0.39 is 28.3 Å². The van der Waals surface area contributed by atoms with Crippen LogP contribution >= 0.6 is 11.6 Å². The molecule has 0 unspecified atom stereocenters. The van der Waals surface area contributed by atoms with Gasteiger partial charge in [-0.3, -0.25) is 4.79 Å². The van der Waals surface area contributed by atoms with Crippen LogP contribution in [0.25, 0.3) is 68.6 Å². The van der Waals surface area contributed by atoms with E-state index >= 15 is 8.78 Å². The molecule has 2 aliphatic rings. The lowest BCUT2D eigenvalue weighted by Crippen LogP contribution is -2.34. The zero-order valence-electron chi connectivity index (χ0n) is 23.2. The third-order valence-corrected chi connectivity index (χ3v) is 7.95. The van der Waals surface area contributed by atoms with Crippen LogP contribution in [0.5, 0.6) is 0 Å². The van der Waals surface area contributed by atoms with Crippen molar-refractivity contribution < 1.29 is 22.4 Å². The molecular formula is C35H21ClF4N4O. The molecule has 0 atom stereocenters. The van der Waals surface area contributed by atoms with Gasteiger partial charge in [0, 0.05) is 22.2 Å². The Balaban J connectivity index is 1.71. The van der Waals surface area contributed by atoms with Gasteiger partial charge in [0.1, 0.15) is 0 Å². The highest BCUT2D eigenvalue weighted by molar-refractivity contribution is 6.22. The number of carbonyl (C=O) groups excluding carboxylic acids is 1. The van der Waals surface area contributed by atoms with Gasteiger partial charge in [-0.15, -0.1) is 0 Å². The number of hydrogen-bond donors (Lipinski definition) is 2. The Kier molecular flexibility index (Phi) is 6.78. The monoisotopic (exact) mass is 624 g/mol. The largest absolute Gasteiger partial charge is 0.388 e. The summed E-state index contributed by atoms with van der Waals surface area (Å²) in [5.74, 6) is -4.84. The molecule has 8 bridgehead atoms. The molecule has 0 saturated carbocycles. The van der Waals surface area contributed by atoms with Crippen LogP contribution in [0.3, 0.4) is 0 Å². The fourth-order valence-corrected chi connectivity index (χ4v) is 5.73. The minimum absolute atomic E-state index is 0.237. The van der Waals surface area contributed by atoms with E-state index in [1.807, 2.05) is 36.4 Å². The first-order valence-electron chi connectivity index (χ1n) is 13.8. The van der Waals surface area contributed by atoms with Gasteiger partial charge in [0.2, 0.25) is 0 Å². The second kappa shape index (κ2) is 10.7. The number of carbonyl (C=O) groups is 1. The highest BCUT2D eigenvalue weighted by Crippen LogP contribution is 2.49. The van der Waals surface area contributed by atoms with Crippen molar-refractivity contribution in [1.82, 2.24) is 19.9 Å². The van der Waals surface area contributed by atoms with Crippen molar-refractivity contribution in [2.24, 2.45) is 0 Å². The van der Waals surface area contributed by atoms with Crippen LogP contribution in [0, 0.1) is 0 Å². The fraction of sp³-hybridized carbons (Fsp3) is 0.0571. The van der Waals surface area contributed by atoms with Gasteiger partial charge in [0.15, 0.2) is 6.29 Å². The molecule has 2 aromatic carbocycles. The van der Waals surface area contributed by atoms with Gasteiger partial charge >= 0.3 is 11.3 Å². The second-order valence-corrected chi connectivity index (χ2v) is 10.9. The summed E-state index contributed by atoms with van der Waals surface area (Å²) < 4.78 is 60.2. The molecule has 0 aliphatic carbocycles. The number of rotatable bonds is 5. The number of hydrogen-bond acceptors (Lipinski definition) is 3. The lowest BCUT2D eigenvalue weighted by atomic mass is 10.0. The maximum Gasteiger partial charge on any atom is 0.388 e. The van der Waals surface area contributed by atoms with Crippen molar-refractivity contribution in [2.75, 3.05) is 0 Å². The van der Waals surface area contributed by atoms with Crippen LogP contribution in [-0.2, 0) is 5.92 Å². The molecule has 2 N–H and O–H groups in total. The van der Waals surface area contributed by atoms with E-state index in [9.17, 15) is 13.6 Å². The van der Waals surface area contributed by atoms with E-state index in [1.165, 1.54) is 24.3 Å². The first-order chi connectivity index (χ1) is 21.7. The molecule has 5 heterocycles. The third kappa shape index (κ3) is 4.85. The summed E-state index contributed by atoms with van der Waals surface area (Å²) in [5, 5.41) is -4.94. The number of aromatic amines is 2. The number of benzene rings is 2. The minimum atomic E-state index is -4.94. The average molecular weight is 625 g/mol. The molecule has 0 amide bonds. The average Bonchev–Trinajstić information content (AvgIpc) is 3.85. The van der Waals surface area contributed by atoms with Crippen LogP contribution in [0.1, 0.15) is 38.7 Å². The van der Waals surface area contributed by atoms with Crippen LogP contribution in [0.2, 0.25) is 0 Å². The van der Waals surface area contributed by atoms with E-state index in [4.69, 9.17) is 11.6 Å². The normalized spacial score (nSPS) is 12.9. The van der Waals surface area contributed by atoms with Crippen molar-refractivity contribution >= 4 is 64.3 Å². The molecule has 2 aliphatic heterocycles. The predicted molar refractivity (Wildman–Crippen MR) is 170 cm³/mol. The Morgan fingerprint density at radius 1 is 0.578 bits per heavy atom. The molecule has 5 nitrogen and oxygen atoms in total. The molecule has 45 heavy (non-hydrogen) atoms. The maximum atomic E-state index is 15.7. The Hall–Kier alpha value is -5.28. The summed E-state index contributed by atoms with van der Waals surface area (Å²) in [6.45, 7) is 0. The molecule has 3 aromatic heterocycles. The van der Waals surface area contributed by atoms with Crippen molar-refractivity contribution in [3.05, 3.63) is 119 Å².